The molecule has 2 rings (SSSR count). The molecule has 73 valence electrons. The van der Waals surface area contributed by atoms with Gasteiger partial charge in [-0.25, -0.2) is 0 Å². The van der Waals surface area contributed by atoms with Crippen molar-refractivity contribution in [2.45, 2.75) is 26.2 Å². The zero-order valence-electron chi connectivity index (χ0n) is 9.17. The molecule has 0 saturated heterocycles. The van der Waals surface area contributed by atoms with Crippen molar-refractivity contribution in [3.63, 3.8) is 0 Å². The Morgan fingerprint density at radius 3 is 2.57 bits per heavy atom. The molecule has 1 aliphatic rings. The fourth-order valence-electron chi connectivity index (χ4n) is 2.38. The van der Waals surface area contributed by atoms with E-state index in [0.717, 1.165) is 3.63 Å². The average Bonchev–Trinajstić information content (AvgIpc) is 2.55. The van der Waals surface area contributed by atoms with Crippen molar-refractivity contribution in [1.29, 1.82) is 0 Å². The van der Waals surface area contributed by atoms with Gasteiger partial charge in [0, 0.05) is 0 Å². The Hall–Kier alpha value is -0.157. The van der Waals surface area contributed by atoms with E-state index in [9.17, 15) is 0 Å². The first-order valence-electron chi connectivity index (χ1n) is 5.33. The molecular weight excluding hydrogens is 247 g/mol. The van der Waals surface area contributed by atoms with Gasteiger partial charge in [-0.15, -0.1) is 0 Å². The van der Waals surface area contributed by atoms with Crippen LogP contribution in [0, 0.1) is 0 Å². The van der Waals surface area contributed by atoms with Gasteiger partial charge in [0.25, 0.3) is 0 Å². The van der Waals surface area contributed by atoms with Crippen LogP contribution in [0.15, 0.2) is 29.8 Å². The third kappa shape index (κ3) is 1.67. The normalized spacial score (nSPS) is 19.1. The summed E-state index contributed by atoms with van der Waals surface area (Å²) in [7, 11) is 0. The number of allylic oxidation sites excluding steroid dienone is 1. The van der Waals surface area contributed by atoms with Crippen molar-refractivity contribution >= 4 is 6.08 Å². The second-order valence-electron chi connectivity index (χ2n) is 4.21. The molecule has 0 heterocycles. The van der Waals surface area contributed by atoms with Crippen LogP contribution in [0.4, 0.5) is 0 Å². The second-order valence-corrected chi connectivity index (χ2v) is 10.9. The molecule has 1 atom stereocenters. The number of rotatable bonds is 2. The van der Waals surface area contributed by atoms with Crippen molar-refractivity contribution in [2.75, 3.05) is 0 Å². The van der Waals surface area contributed by atoms with Crippen molar-refractivity contribution in [3.8, 4) is 0 Å². The van der Waals surface area contributed by atoms with Crippen molar-refractivity contribution < 1.29 is 21.8 Å². The van der Waals surface area contributed by atoms with E-state index in [0.29, 0.717) is 0 Å². The predicted molar refractivity (Wildman–Crippen MR) is 59.2 cm³/mol. The molecule has 0 saturated carbocycles. The fraction of sp³-hybridized carbons (Fsp3) is 0.385. The maximum absolute atomic E-state index is 2.51. The number of fused-ring (bicyclic) bond motifs is 1. The van der Waals surface area contributed by atoms with Gasteiger partial charge < -0.3 is 0 Å². The fourth-order valence-corrected chi connectivity index (χ4v) is 7.08. The third-order valence-electron chi connectivity index (χ3n) is 3.00. The molecule has 0 spiro atoms. The molecule has 1 heteroatoms. The Morgan fingerprint density at radius 1 is 1.21 bits per heavy atom. The van der Waals surface area contributed by atoms with Crippen LogP contribution in [-0.4, -0.2) is 0 Å². The van der Waals surface area contributed by atoms with E-state index in [1.807, 2.05) is 0 Å². The molecule has 0 amide bonds. The summed E-state index contributed by atoms with van der Waals surface area (Å²) >= 11 is -1.15. The first-order chi connectivity index (χ1) is 6.74. The number of benzene rings is 1. The van der Waals surface area contributed by atoms with E-state index in [1.165, 1.54) is 12.0 Å². The summed E-state index contributed by atoms with van der Waals surface area (Å²) in [5.74, 6) is 0. The minimum absolute atomic E-state index is 0.860. The quantitative estimate of drug-likeness (QED) is 0.749. The van der Waals surface area contributed by atoms with Crippen LogP contribution < -0.4 is 0 Å². The van der Waals surface area contributed by atoms with Gasteiger partial charge in [-0.2, -0.15) is 0 Å². The van der Waals surface area contributed by atoms with Crippen LogP contribution in [0.5, 0.6) is 0 Å². The summed E-state index contributed by atoms with van der Waals surface area (Å²) in [6, 6.07) is 8.92. The zero-order chi connectivity index (χ0) is 10.1. The van der Waals surface area contributed by atoms with Crippen molar-refractivity contribution in [1.82, 2.24) is 0 Å². The van der Waals surface area contributed by atoms with E-state index in [1.54, 1.807) is 11.1 Å². The predicted octanol–water partition coefficient (Wildman–Crippen LogP) is 4.25. The van der Waals surface area contributed by atoms with Gasteiger partial charge in [0.05, 0.1) is 0 Å². The Balaban J connectivity index is 2.46. The summed E-state index contributed by atoms with van der Waals surface area (Å²) in [5.41, 5.74) is 4.78. The summed E-state index contributed by atoms with van der Waals surface area (Å²) in [4.78, 5) is 0. The van der Waals surface area contributed by atoms with Gasteiger partial charge in [-0.05, 0) is 0 Å². The molecule has 1 unspecified atom stereocenters. The molecule has 0 radical (unpaired) electrons. The SMILES string of the molecule is CCC1=Cc2ccccc2[CH]1[Zr]([CH3])[CH3]. The van der Waals surface area contributed by atoms with Gasteiger partial charge in [0.2, 0.25) is 0 Å². The zero-order valence-corrected chi connectivity index (χ0v) is 11.6. The van der Waals surface area contributed by atoms with Crippen LogP contribution in [-0.2, 0) is 21.8 Å². The maximum atomic E-state index is 2.51. The van der Waals surface area contributed by atoms with Gasteiger partial charge in [-0.1, -0.05) is 0 Å². The van der Waals surface area contributed by atoms with Crippen LogP contribution in [0.2, 0.25) is 9.26 Å². The molecule has 0 nitrogen and oxygen atoms in total. The first kappa shape index (κ1) is 10.4. The van der Waals surface area contributed by atoms with Gasteiger partial charge >= 0.3 is 95.0 Å². The van der Waals surface area contributed by atoms with E-state index < -0.39 is 21.8 Å². The summed E-state index contributed by atoms with van der Waals surface area (Å²) in [6.45, 7) is 2.29. The molecule has 0 bridgehead atoms. The molecule has 1 aliphatic carbocycles. The Kier molecular flexibility index (Phi) is 3.07. The first-order valence-corrected chi connectivity index (χ1v) is 11.7. The molecule has 0 fully saturated rings. The third-order valence-corrected chi connectivity index (χ3v) is 7.52. The number of hydrogen-bond donors (Lipinski definition) is 0. The standard InChI is InChI=1S/C11H11.2CH3.Zr/c1-2-9-7-10-5-3-4-6-11(10)8-9;;;/h3-8H,2H2,1H3;2*1H3;. The van der Waals surface area contributed by atoms with Gasteiger partial charge in [0.1, 0.15) is 0 Å². The van der Waals surface area contributed by atoms with E-state index in [-0.39, 0.29) is 0 Å². The summed E-state index contributed by atoms with van der Waals surface area (Å²) in [6.07, 6.45) is 3.65. The Labute approximate surface area is 94.7 Å². The van der Waals surface area contributed by atoms with Crippen LogP contribution in [0.1, 0.15) is 28.1 Å². The van der Waals surface area contributed by atoms with Crippen LogP contribution >= 0.6 is 0 Å². The topological polar surface area (TPSA) is 0 Å². The molecule has 1 aromatic rings. The molecule has 14 heavy (non-hydrogen) atoms. The van der Waals surface area contributed by atoms with Crippen LogP contribution in [0.25, 0.3) is 6.08 Å². The van der Waals surface area contributed by atoms with Crippen molar-refractivity contribution in [3.05, 3.63) is 41.0 Å². The molecule has 0 aliphatic heterocycles. The van der Waals surface area contributed by atoms with E-state index in [2.05, 4.69) is 46.5 Å². The van der Waals surface area contributed by atoms with Crippen LogP contribution in [0.3, 0.4) is 0 Å². The van der Waals surface area contributed by atoms with Gasteiger partial charge in [-0.3, -0.25) is 0 Å². The van der Waals surface area contributed by atoms with E-state index in [4.69, 9.17) is 0 Å². The summed E-state index contributed by atoms with van der Waals surface area (Å²) in [5, 5.41) is 0. The van der Waals surface area contributed by atoms with Gasteiger partial charge in [0.15, 0.2) is 0 Å². The second kappa shape index (κ2) is 4.15. The Morgan fingerprint density at radius 2 is 1.93 bits per heavy atom. The monoisotopic (exact) mass is 263 g/mol. The average molecular weight is 265 g/mol. The van der Waals surface area contributed by atoms with E-state index >= 15 is 0 Å². The Bertz CT molecular complexity index is 363. The number of hydrogen-bond acceptors (Lipinski definition) is 0. The molecular formula is C13H17Zr. The van der Waals surface area contributed by atoms with Crippen molar-refractivity contribution in [2.24, 2.45) is 0 Å². The summed E-state index contributed by atoms with van der Waals surface area (Å²) < 4.78 is 5.88. The molecule has 1 aromatic carbocycles. The minimum atomic E-state index is -1.15. The molecule has 0 aromatic heterocycles. The molecule has 0 N–H and O–H groups in total.